The van der Waals surface area contributed by atoms with E-state index in [-0.39, 0.29) is 1.43 Å². The lowest BCUT2D eigenvalue weighted by Gasteiger charge is -2.32. The highest BCUT2D eigenvalue weighted by molar-refractivity contribution is 5.63. The molecule has 0 radical (unpaired) electrons. The van der Waals surface area contributed by atoms with Gasteiger partial charge < -0.3 is 19.4 Å². The maximum absolute atomic E-state index is 5.45. The third kappa shape index (κ3) is 3.41. The second-order valence-electron chi connectivity index (χ2n) is 6.31. The Morgan fingerprint density at radius 1 is 1.20 bits per heavy atom. The van der Waals surface area contributed by atoms with E-state index in [0.29, 0.717) is 6.10 Å². The van der Waals surface area contributed by atoms with E-state index < -0.39 is 0 Å². The highest BCUT2D eigenvalue weighted by Crippen LogP contribution is 2.23. The predicted octanol–water partition coefficient (Wildman–Crippen LogP) is 3.04. The second-order valence-corrected chi connectivity index (χ2v) is 6.31. The van der Waals surface area contributed by atoms with Crippen LogP contribution in [0.15, 0.2) is 36.8 Å². The number of hydrogen-bond acceptors (Lipinski definition) is 6. The van der Waals surface area contributed by atoms with E-state index in [0.717, 1.165) is 54.7 Å². The molecule has 132 valence electrons. The summed E-state index contributed by atoms with van der Waals surface area (Å²) in [6.07, 6.45) is 8.11. The van der Waals surface area contributed by atoms with Gasteiger partial charge in [0.2, 0.25) is 0 Å². The maximum atomic E-state index is 5.45. The van der Waals surface area contributed by atoms with Crippen LogP contribution in [0.2, 0.25) is 0 Å². The molecule has 7 nitrogen and oxygen atoms in total. The molecule has 3 aromatic heterocycles. The second kappa shape index (κ2) is 6.68. The molecular weight excluding hydrogens is 316 g/mol. The Hall–Kier alpha value is -2.67. The minimum absolute atomic E-state index is 0. The Morgan fingerprint density at radius 2 is 2.04 bits per heavy atom. The molecule has 0 bridgehead atoms. The van der Waals surface area contributed by atoms with Crippen LogP contribution in [0.1, 0.15) is 20.1 Å². The molecule has 0 saturated carbocycles. The van der Waals surface area contributed by atoms with E-state index in [2.05, 4.69) is 25.2 Å². The van der Waals surface area contributed by atoms with Gasteiger partial charge in [-0.25, -0.2) is 15.0 Å². The summed E-state index contributed by atoms with van der Waals surface area (Å²) in [5.74, 6) is 2.52. The number of imidazole rings is 1. The fraction of sp³-hybridized carbons (Fsp3) is 0.389. The minimum atomic E-state index is 0. The van der Waals surface area contributed by atoms with Crippen molar-refractivity contribution in [2.45, 2.75) is 25.9 Å². The topological polar surface area (TPSA) is 67.6 Å². The van der Waals surface area contributed by atoms with Crippen LogP contribution in [0, 0.1) is 6.92 Å². The number of fused-ring (bicyclic) bond motifs is 1. The molecule has 7 heteroatoms. The lowest BCUT2D eigenvalue weighted by Crippen LogP contribution is -2.37. The Morgan fingerprint density at radius 3 is 2.84 bits per heavy atom. The van der Waals surface area contributed by atoms with Gasteiger partial charge in [-0.3, -0.25) is 0 Å². The predicted molar refractivity (Wildman–Crippen MR) is 99.6 cm³/mol. The van der Waals surface area contributed by atoms with Crippen molar-refractivity contribution in [1.82, 2.24) is 19.4 Å². The number of nitrogens with one attached hydrogen (secondary N) is 1. The van der Waals surface area contributed by atoms with Crippen LogP contribution in [0.4, 0.5) is 17.3 Å². The monoisotopic (exact) mass is 340 g/mol. The molecule has 0 aliphatic carbocycles. The maximum Gasteiger partial charge on any atom is 0.138 e. The first kappa shape index (κ1) is 15.8. The standard InChI is InChI=1S/C18H22N6O.H2/c1-13-20-16(22-14-3-7-24-10-6-19-17(24)11-14)12-18(21-13)23-8-4-15(25-2)5-9-23;/h3,6-7,10-12,15H,4-5,8-9H2,1-2H3,(H,20,21,22);1H. The molecule has 1 saturated heterocycles. The number of nitrogens with zero attached hydrogens (tertiary/aromatic N) is 5. The molecular formula is C18H24N6O. The highest BCUT2D eigenvalue weighted by Gasteiger charge is 2.20. The number of piperidine rings is 1. The molecule has 25 heavy (non-hydrogen) atoms. The van der Waals surface area contributed by atoms with Gasteiger partial charge in [-0.05, 0) is 25.8 Å². The quantitative estimate of drug-likeness (QED) is 0.787. The Bertz CT molecular complexity index is 875. The number of pyridine rings is 1. The van der Waals surface area contributed by atoms with E-state index in [9.17, 15) is 0 Å². The summed E-state index contributed by atoms with van der Waals surface area (Å²) in [6, 6.07) is 6.02. The fourth-order valence-electron chi connectivity index (χ4n) is 3.23. The third-order valence-electron chi connectivity index (χ3n) is 4.59. The molecule has 0 amide bonds. The minimum Gasteiger partial charge on any atom is -0.381 e. The molecule has 0 spiro atoms. The van der Waals surface area contributed by atoms with Crippen LogP contribution in [0.25, 0.3) is 5.65 Å². The Kier molecular flexibility index (Phi) is 4.23. The average molecular weight is 340 g/mol. The van der Waals surface area contributed by atoms with Gasteiger partial charge in [-0.1, -0.05) is 0 Å². The molecule has 1 aliphatic heterocycles. The Labute approximate surface area is 148 Å². The molecule has 4 heterocycles. The summed E-state index contributed by atoms with van der Waals surface area (Å²) in [4.78, 5) is 15.7. The SMILES string of the molecule is COC1CCN(c2cc(Nc3ccn4ccnc4c3)nc(C)n2)CC1.[HH]. The van der Waals surface area contributed by atoms with Gasteiger partial charge in [0.15, 0.2) is 0 Å². The molecule has 1 aliphatic rings. The average Bonchev–Trinajstić information content (AvgIpc) is 3.09. The van der Waals surface area contributed by atoms with E-state index >= 15 is 0 Å². The van der Waals surface area contributed by atoms with Gasteiger partial charge in [0.25, 0.3) is 0 Å². The van der Waals surface area contributed by atoms with Crippen molar-refractivity contribution in [2.75, 3.05) is 30.4 Å². The zero-order valence-electron chi connectivity index (χ0n) is 14.5. The van der Waals surface area contributed by atoms with Crippen molar-refractivity contribution in [3.8, 4) is 0 Å². The third-order valence-corrected chi connectivity index (χ3v) is 4.59. The lowest BCUT2D eigenvalue weighted by molar-refractivity contribution is 0.0818. The smallest absolute Gasteiger partial charge is 0.138 e. The summed E-state index contributed by atoms with van der Waals surface area (Å²) in [5.41, 5.74) is 1.86. The summed E-state index contributed by atoms with van der Waals surface area (Å²) in [5, 5.41) is 3.37. The number of aryl methyl sites for hydroxylation is 1. The summed E-state index contributed by atoms with van der Waals surface area (Å²) < 4.78 is 7.42. The van der Waals surface area contributed by atoms with Gasteiger partial charge in [-0.2, -0.15) is 0 Å². The van der Waals surface area contributed by atoms with Gasteiger partial charge >= 0.3 is 0 Å². The van der Waals surface area contributed by atoms with Gasteiger partial charge in [-0.15, -0.1) is 0 Å². The van der Waals surface area contributed by atoms with Crippen molar-refractivity contribution in [2.24, 2.45) is 0 Å². The molecule has 0 unspecified atom stereocenters. The Balaban J connectivity index is 0.00000196. The van der Waals surface area contributed by atoms with Crippen LogP contribution >= 0.6 is 0 Å². The van der Waals surface area contributed by atoms with Crippen molar-refractivity contribution < 1.29 is 6.16 Å². The number of ether oxygens (including phenoxy) is 1. The number of aromatic nitrogens is 4. The zero-order chi connectivity index (χ0) is 17.2. The largest absolute Gasteiger partial charge is 0.381 e. The first-order chi connectivity index (χ1) is 12.2. The van der Waals surface area contributed by atoms with Gasteiger partial charge in [0, 0.05) is 58.0 Å². The van der Waals surface area contributed by atoms with E-state index in [1.54, 1.807) is 13.3 Å². The normalized spacial score (nSPS) is 15.7. The molecule has 4 rings (SSSR count). The zero-order valence-corrected chi connectivity index (χ0v) is 14.5. The lowest BCUT2D eigenvalue weighted by atomic mass is 10.1. The summed E-state index contributed by atoms with van der Waals surface area (Å²) in [6.45, 7) is 3.83. The van der Waals surface area contributed by atoms with Crippen LogP contribution in [-0.4, -0.2) is 45.7 Å². The molecule has 0 aromatic carbocycles. The van der Waals surface area contributed by atoms with Crippen LogP contribution in [-0.2, 0) is 4.74 Å². The first-order valence-electron chi connectivity index (χ1n) is 8.54. The van der Waals surface area contributed by atoms with Crippen molar-refractivity contribution in [3.63, 3.8) is 0 Å². The van der Waals surface area contributed by atoms with Crippen molar-refractivity contribution >= 4 is 23.0 Å². The number of hydrogen-bond donors (Lipinski definition) is 1. The van der Waals surface area contributed by atoms with E-state index in [4.69, 9.17) is 4.74 Å². The fourth-order valence-corrected chi connectivity index (χ4v) is 3.23. The number of methoxy groups -OCH3 is 1. The van der Waals surface area contributed by atoms with Crippen LogP contribution < -0.4 is 10.2 Å². The number of anilines is 3. The van der Waals surface area contributed by atoms with Crippen LogP contribution in [0.5, 0.6) is 0 Å². The summed E-state index contributed by atoms with van der Waals surface area (Å²) >= 11 is 0. The van der Waals surface area contributed by atoms with E-state index in [1.807, 2.05) is 41.9 Å². The van der Waals surface area contributed by atoms with Crippen molar-refractivity contribution in [1.29, 1.82) is 0 Å². The summed E-state index contributed by atoms with van der Waals surface area (Å²) in [7, 11) is 1.79. The first-order valence-corrected chi connectivity index (χ1v) is 8.54. The molecule has 1 fully saturated rings. The molecule has 0 atom stereocenters. The molecule has 1 N–H and O–H groups in total. The van der Waals surface area contributed by atoms with Gasteiger partial charge in [0.05, 0.1) is 6.10 Å². The van der Waals surface area contributed by atoms with Crippen molar-refractivity contribution in [3.05, 3.63) is 42.6 Å². The van der Waals surface area contributed by atoms with Crippen LogP contribution in [0.3, 0.4) is 0 Å². The molecule has 3 aromatic rings. The van der Waals surface area contributed by atoms with Gasteiger partial charge in [0.1, 0.15) is 23.1 Å². The number of rotatable bonds is 4. The highest BCUT2D eigenvalue weighted by atomic mass is 16.5. The van der Waals surface area contributed by atoms with E-state index in [1.165, 1.54) is 0 Å².